The fraction of sp³-hybridized carbons (Fsp3) is 0.269. The Morgan fingerprint density at radius 2 is 2.00 bits per heavy atom. The SMILES string of the molecule is Cc1cc(-c2ccc3c(c2Oc2cccc(C4=CCOCC4)c2)NC(C)N3)cn(C)c1=O. The normalized spacial score (nSPS) is 17.2. The van der Waals surface area contributed by atoms with Crippen LogP contribution in [0.4, 0.5) is 11.4 Å². The lowest BCUT2D eigenvalue weighted by molar-refractivity contribution is 0.161. The Morgan fingerprint density at radius 1 is 1.12 bits per heavy atom. The van der Waals surface area contributed by atoms with E-state index >= 15 is 0 Å². The standard InChI is InChI=1S/C26H27N3O3/c1-16-13-20(15-29(3)26(16)30)22-7-8-23-24(28-17(2)27-23)25(22)32-21-6-4-5-19(14-21)18-9-11-31-12-10-18/h4-9,13-15,17,27-28H,10-12H2,1-3H3. The van der Waals surface area contributed by atoms with Crippen LogP contribution in [0.15, 0.2) is 59.5 Å². The van der Waals surface area contributed by atoms with Gasteiger partial charge in [0.25, 0.3) is 5.56 Å². The van der Waals surface area contributed by atoms with Crippen molar-refractivity contribution in [2.24, 2.45) is 7.05 Å². The molecule has 0 amide bonds. The number of aryl methyl sites for hydroxylation is 2. The van der Waals surface area contributed by atoms with Crippen molar-refractivity contribution in [3.8, 4) is 22.6 Å². The van der Waals surface area contributed by atoms with Gasteiger partial charge in [0.15, 0.2) is 5.75 Å². The Balaban J connectivity index is 1.60. The number of ether oxygens (including phenoxy) is 2. The topological polar surface area (TPSA) is 64.5 Å². The van der Waals surface area contributed by atoms with Gasteiger partial charge >= 0.3 is 0 Å². The molecule has 3 heterocycles. The van der Waals surface area contributed by atoms with Gasteiger partial charge in [-0.15, -0.1) is 0 Å². The summed E-state index contributed by atoms with van der Waals surface area (Å²) in [6, 6.07) is 14.2. The molecular formula is C26H27N3O3. The molecule has 0 bridgehead atoms. The molecule has 1 aromatic heterocycles. The first-order valence-electron chi connectivity index (χ1n) is 10.9. The van der Waals surface area contributed by atoms with Gasteiger partial charge in [0.2, 0.25) is 0 Å². The number of pyridine rings is 1. The highest BCUT2D eigenvalue weighted by molar-refractivity contribution is 5.89. The number of benzene rings is 2. The Bertz CT molecular complexity index is 1250. The average molecular weight is 430 g/mol. The quantitative estimate of drug-likeness (QED) is 0.601. The summed E-state index contributed by atoms with van der Waals surface area (Å²) < 4.78 is 13.6. The van der Waals surface area contributed by atoms with Gasteiger partial charge in [0.1, 0.15) is 11.4 Å². The molecule has 0 spiro atoms. The van der Waals surface area contributed by atoms with E-state index in [1.165, 1.54) is 5.57 Å². The molecule has 6 nitrogen and oxygen atoms in total. The molecule has 32 heavy (non-hydrogen) atoms. The van der Waals surface area contributed by atoms with E-state index in [1.54, 1.807) is 11.6 Å². The summed E-state index contributed by atoms with van der Waals surface area (Å²) in [7, 11) is 1.78. The fourth-order valence-corrected chi connectivity index (χ4v) is 4.36. The van der Waals surface area contributed by atoms with Crippen LogP contribution >= 0.6 is 0 Å². The second-order valence-corrected chi connectivity index (χ2v) is 8.39. The summed E-state index contributed by atoms with van der Waals surface area (Å²) in [6.07, 6.45) is 4.99. The largest absolute Gasteiger partial charge is 0.454 e. The van der Waals surface area contributed by atoms with Crippen molar-refractivity contribution in [3.63, 3.8) is 0 Å². The van der Waals surface area contributed by atoms with E-state index in [0.29, 0.717) is 12.2 Å². The van der Waals surface area contributed by atoms with Crippen molar-refractivity contribution >= 4 is 16.9 Å². The number of nitrogens with zero attached hydrogens (tertiary/aromatic N) is 1. The highest BCUT2D eigenvalue weighted by atomic mass is 16.5. The molecule has 0 radical (unpaired) electrons. The molecule has 2 aromatic carbocycles. The maximum absolute atomic E-state index is 12.2. The molecule has 0 fully saturated rings. The van der Waals surface area contributed by atoms with Crippen LogP contribution < -0.4 is 20.9 Å². The molecule has 1 atom stereocenters. The summed E-state index contributed by atoms with van der Waals surface area (Å²) in [6.45, 7) is 5.30. The zero-order valence-electron chi connectivity index (χ0n) is 18.6. The van der Waals surface area contributed by atoms with Crippen LogP contribution in [0.5, 0.6) is 11.5 Å². The van der Waals surface area contributed by atoms with Gasteiger partial charge in [-0.25, -0.2) is 0 Å². The zero-order chi connectivity index (χ0) is 22.2. The van der Waals surface area contributed by atoms with Crippen molar-refractivity contribution < 1.29 is 9.47 Å². The third kappa shape index (κ3) is 3.78. The number of aromatic nitrogens is 1. The zero-order valence-corrected chi connectivity index (χ0v) is 18.6. The second kappa shape index (κ2) is 8.20. The van der Waals surface area contributed by atoms with Gasteiger partial charge in [-0.2, -0.15) is 0 Å². The molecule has 1 unspecified atom stereocenters. The maximum Gasteiger partial charge on any atom is 0.253 e. The molecule has 0 aliphatic carbocycles. The van der Waals surface area contributed by atoms with Crippen LogP contribution in [0.2, 0.25) is 0 Å². The van der Waals surface area contributed by atoms with E-state index in [9.17, 15) is 4.79 Å². The summed E-state index contributed by atoms with van der Waals surface area (Å²) in [5, 5.41) is 6.91. The van der Waals surface area contributed by atoms with E-state index in [-0.39, 0.29) is 11.7 Å². The molecule has 0 saturated carbocycles. The van der Waals surface area contributed by atoms with Crippen molar-refractivity contribution in [1.82, 2.24) is 4.57 Å². The minimum atomic E-state index is 0.00299. The van der Waals surface area contributed by atoms with Crippen molar-refractivity contribution in [1.29, 1.82) is 0 Å². The minimum absolute atomic E-state index is 0.00299. The van der Waals surface area contributed by atoms with Gasteiger partial charge in [-0.1, -0.05) is 18.2 Å². The first-order chi connectivity index (χ1) is 15.5. The van der Waals surface area contributed by atoms with E-state index in [2.05, 4.69) is 41.8 Å². The van der Waals surface area contributed by atoms with Crippen molar-refractivity contribution in [2.45, 2.75) is 26.4 Å². The van der Waals surface area contributed by atoms with Gasteiger partial charge in [0.05, 0.1) is 25.1 Å². The average Bonchev–Trinajstić information content (AvgIpc) is 3.19. The molecule has 0 saturated heterocycles. The number of rotatable bonds is 4. The predicted octanol–water partition coefficient (Wildman–Crippen LogP) is 5.14. The highest BCUT2D eigenvalue weighted by Crippen LogP contribution is 2.46. The van der Waals surface area contributed by atoms with E-state index < -0.39 is 0 Å². The molecule has 2 aliphatic heterocycles. The minimum Gasteiger partial charge on any atom is -0.454 e. The van der Waals surface area contributed by atoms with Gasteiger partial charge in [0, 0.05) is 29.9 Å². The van der Waals surface area contributed by atoms with E-state index in [0.717, 1.165) is 52.6 Å². The molecule has 6 heteroatoms. The second-order valence-electron chi connectivity index (χ2n) is 8.39. The highest BCUT2D eigenvalue weighted by Gasteiger charge is 2.24. The number of fused-ring (bicyclic) bond motifs is 1. The summed E-state index contributed by atoms with van der Waals surface area (Å²) >= 11 is 0. The van der Waals surface area contributed by atoms with Crippen molar-refractivity contribution in [2.75, 3.05) is 23.8 Å². The van der Waals surface area contributed by atoms with Gasteiger partial charge in [-0.3, -0.25) is 4.79 Å². The summed E-state index contributed by atoms with van der Waals surface area (Å²) in [4.78, 5) is 12.2. The summed E-state index contributed by atoms with van der Waals surface area (Å²) in [5.41, 5.74) is 6.93. The van der Waals surface area contributed by atoms with Crippen LogP contribution in [0.3, 0.4) is 0 Å². The Hall–Kier alpha value is -3.51. The maximum atomic E-state index is 12.2. The van der Waals surface area contributed by atoms with Crippen LogP contribution in [0, 0.1) is 6.92 Å². The fourth-order valence-electron chi connectivity index (χ4n) is 4.36. The smallest absolute Gasteiger partial charge is 0.253 e. The Kier molecular flexibility index (Phi) is 5.23. The third-order valence-electron chi connectivity index (χ3n) is 5.95. The third-order valence-corrected chi connectivity index (χ3v) is 5.95. The number of hydrogen-bond donors (Lipinski definition) is 2. The van der Waals surface area contributed by atoms with Crippen LogP contribution in [0.1, 0.15) is 24.5 Å². The van der Waals surface area contributed by atoms with Crippen LogP contribution in [-0.2, 0) is 11.8 Å². The molecule has 164 valence electrons. The lowest BCUT2D eigenvalue weighted by Crippen LogP contribution is -2.18. The molecule has 5 rings (SSSR count). The van der Waals surface area contributed by atoms with Gasteiger partial charge < -0.3 is 24.7 Å². The summed E-state index contributed by atoms with van der Waals surface area (Å²) in [5.74, 6) is 1.52. The molecular weight excluding hydrogens is 402 g/mol. The van der Waals surface area contributed by atoms with Crippen molar-refractivity contribution in [3.05, 3.63) is 76.2 Å². The first-order valence-corrected chi connectivity index (χ1v) is 10.9. The predicted molar refractivity (Wildman–Crippen MR) is 128 cm³/mol. The van der Waals surface area contributed by atoms with Crippen LogP contribution in [-0.4, -0.2) is 23.9 Å². The van der Waals surface area contributed by atoms with E-state index in [4.69, 9.17) is 9.47 Å². The Morgan fingerprint density at radius 3 is 2.78 bits per heavy atom. The first kappa shape index (κ1) is 20.4. The molecule has 2 aliphatic rings. The van der Waals surface area contributed by atoms with E-state index in [1.807, 2.05) is 37.4 Å². The lowest BCUT2D eigenvalue weighted by atomic mass is 10.0. The number of nitrogens with one attached hydrogen (secondary N) is 2. The lowest BCUT2D eigenvalue weighted by Gasteiger charge is -2.18. The van der Waals surface area contributed by atoms with Gasteiger partial charge in [-0.05, 0) is 61.7 Å². The monoisotopic (exact) mass is 429 g/mol. The molecule has 2 N–H and O–H groups in total. The number of hydrogen-bond acceptors (Lipinski definition) is 5. The number of anilines is 2. The Labute approximate surface area is 187 Å². The van der Waals surface area contributed by atoms with Crippen LogP contribution in [0.25, 0.3) is 16.7 Å². The molecule has 3 aromatic rings.